The van der Waals surface area contributed by atoms with Crippen molar-refractivity contribution in [2.45, 2.75) is 57.7 Å². The van der Waals surface area contributed by atoms with Crippen LogP contribution in [0, 0.1) is 5.92 Å². The van der Waals surface area contributed by atoms with Gasteiger partial charge in [-0.3, -0.25) is 9.69 Å². The van der Waals surface area contributed by atoms with Gasteiger partial charge >= 0.3 is 0 Å². The van der Waals surface area contributed by atoms with Crippen LogP contribution in [-0.2, 0) is 19.7 Å². The fourth-order valence-electron chi connectivity index (χ4n) is 5.99. The van der Waals surface area contributed by atoms with Crippen molar-refractivity contribution in [3.05, 3.63) is 83.7 Å². The van der Waals surface area contributed by atoms with Gasteiger partial charge in [0, 0.05) is 42.2 Å². The molecular formula is C31H33N7O2. The number of piperidine rings is 1. The molecule has 2 fully saturated rings. The molecule has 0 bridgehead atoms. The molecule has 1 aliphatic heterocycles. The number of nitrogens with zero attached hydrogens (tertiary/aromatic N) is 7. The van der Waals surface area contributed by atoms with Crippen molar-refractivity contribution >= 4 is 23.0 Å². The number of carbonyl (C=O) groups is 1. The van der Waals surface area contributed by atoms with E-state index in [1.165, 1.54) is 19.3 Å². The summed E-state index contributed by atoms with van der Waals surface area (Å²) in [5.41, 5.74) is 5.41. The monoisotopic (exact) mass is 535 g/mol. The van der Waals surface area contributed by atoms with E-state index in [1.54, 1.807) is 12.3 Å². The maximum absolute atomic E-state index is 11.4. The van der Waals surface area contributed by atoms with Crippen molar-refractivity contribution in [1.82, 2.24) is 34.0 Å². The summed E-state index contributed by atoms with van der Waals surface area (Å²) in [5, 5.41) is 4.30. The molecule has 6 heterocycles. The van der Waals surface area contributed by atoms with Crippen LogP contribution < -0.4 is 4.74 Å². The minimum atomic E-state index is 0.406. The average Bonchev–Trinajstić information content (AvgIpc) is 3.59. The molecule has 0 spiro atoms. The highest BCUT2D eigenvalue weighted by atomic mass is 16.5. The van der Waals surface area contributed by atoms with Crippen LogP contribution in [0.3, 0.4) is 0 Å². The molecule has 0 radical (unpaired) electrons. The van der Waals surface area contributed by atoms with Gasteiger partial charge in [0.05, 0.1) is 12.1 Å². The van der Waals surface area contributed by atoms with Gasteiger partial charge < -0.3 is 9.30 Å². The molecule has 1 aliphatic carbocycles. The molecule has 0 N–H and O–H groups in total. The number of ether oxygens (including phenoxy) is 1. The standard InChI is InChI=1S/C31H33N7O2/c39-20-25-9-10-27-31(33-25)37(18-22-4-1-5-22)29(34-27)19-36-16-12-23(13-17-36)26-7-2-8-30(35-26)40-21-24-6-3-15-38-28(24)11-14-32-38/h2-3,6-11,14-15,20,22-23H,1,4-5,12-13,16-19,21H2. The van der Waals surface area contributed by atoms with E-state index >= 15 is 0 Å². The SMILES string of the molecule is O=Cc1ccc2nc(CN3CCC(c4cccc(OCc5cccn6nccc56)n4)CC3)n(CC3CCC3)c2n1. The lowest BCUT2D eigenvalue weighted by molar-refractivity contribution is 0.111. The van der Waals surface area contributed by atoms with E-state index in [2.05, 4.69) is 31.7 Å². The van der Waals surface area contributed by atoms with Crippen molar-refractivity contribution in [2.24, 2.45) is 5.92 Å². The molecule has 2 aliphatic rings. The number of imidazole rings is 1. The Hall–Kier alpha value is -4.11. The Kier molecular flexibility index (Phi) is 6.73. The first-order chi connectivity index (χ1) is 19.7. The maximum Gasteiger partial charge on any atom is 0.213 e. The van der Waals surface area contributed by atoms with Gasteiger partial charge in [-0.1, -0.05) is 18.6 Å². The summed E-state index contributed by atoms with van der Waals surface area (Å²) in [6.45, 7) is 4.16. The van der Waals surface area contributed by atoms with Gasteiger partial charge in [-0.05, 0) is 75.0 Å². The third-order valence-corrected chi connectivity index (χ3v) is 8.49. The topological polar surface area (TPSA) is 90.4 Å². The largest absolute Gasteiger partial charge is 0.473 e. The van der Waals surface area contributed by atoms with E-state index < -0.39 is 0 Å². The van der Waals surface area contributed by atoms with Crippen molar-refractivity contribution < 1.29 is 9.53 Å². The Morgan fingerprint density at radius 1 is 0.950 bits per heavy atom. The number of aromatic nitrogens is 6. The fraction of sp³-hybridized carbons (Fsp3) is 0.387. The fourth-order valence-corrected chi connectivity index (χ4v) is 5.99. The first kappa shape index (κ1) is 24.9. The molecular weight excluding hydrogens is 502 g/mol. The minimum Gasteiger partial charge on any atom is -0.473 e. The van der Waals surface area contributed by atoms with Crippen molar-refractivity contribution in [3.63, 3.8) is 0 Å². The Balaban J connectivity index is 1.01. The molecule has 7 rings (SSSR count). The first-order valence-electron chi connectivity index (χ1n) is 14.3. The van der Waals surface area contributed by atoms with Crippen LogP contribution >= 0.6 is 0 Å². The number of aldehydes is 1. The zero-order valence-electron chi connectivity index (χ0n) is 22.5. The number of carbonyl (C=O) groups excluding carboxylic acids is 1. The average molecular weight is 536 g/mol. The Morgan fingerprint density at radius 2 is 1.85 bits per heavy atom. The summed E-state index contributed by atoms with van der Waals surface area (Å²) in [4.78, 5) is 28.3. The lowest BCUT2D eigenvalue weighted by atomic mass is 9.85. The van der Waals surface area contributed by atoms with E-state index in [9.17, 15) is 4.79 Å². The van der Waals surface area contributed by atoms with Gasteiger partial charge in [0.2, 0.25) is 5.88 Å². The van der Waals surface area contributed by atoms with Gasteiger partial charge in [-0.25, -0.2) is 19.5 Å². The van der Waals surface area contributed by atoms with Gasteiger partial charge in [0.1, 0.15) is 23.6 Å². The lowest BCUT2D eigenvalue weighted by Gasteiger charge is -2.32. The smallest absolute Gasteiger partial charge is 0.213 e. The number of pyridine rings is 3. The van der Waals surface area contributed by atoms with Gasteiger partial charge in [0.25, 0.3) is 0 Å². The summed E-state index contributed by atoms with van der Waals surface area (Å²) < 4.78 is 10.2. The van der Waals surface area contributed by atoms with Crippen LogP contribution in [0.1, 0.15) is 65.6 Å². The highest BCUT2D eigenvalue weighted by Gasteiger charge is 2.26. The third-order valence-electron chi connectivity index (χ3n) is 8.49. The predicted molar refractivity (Wildman–Crippen MR) is 151 cm³/mol. The maximum atomic E-state index is 11.4. The number of hydrogen-bond acceptors (Lipinski definition) is 7. The predicted octanol–water partition coefficient (Wildman–Crippen LogP) is 5.05. The van der Waals surface area contributed by atoms with Crippen molar-refractivity contribution in [3.8, 4) is 5.88 Å². The van der Waals surface area contributed by atoms with Crippen LogP contribution in [-0.4, -0.2) is 53.4 Å². The molecule has 0 atom stereocenters. The second kappa shape index (κ2) is 10.8. The first-order valence-corrected chi connectivity index (χ1v) is 14.3. The Morgan fingerprint density at radius 3 is 2.67 bits per heavy atom. The molecule has 1 saturated carbocycles. The molecule has 5 aromatic heterocycles. The van der Waals surface area contributed by atoms with Crippen LogP contribution in [0.15, 0.2) is 60.9 Å². The molecule has 5 aromatic rings. The van der Waals surface area contributed by atoms with Crippen molar-refractivity contribution in [1.29, 1.82) is 0 Å². The van der Waals surface area contributed by atoms with Gasteiger partial charge in [-0.2, -0.15) is 5.10 Å². The summed E-state index contributed by atoms with van der Waals surface area (Å²) in [6.07, 6.45) is 10.5. The van der Waals surface area contributed by atoms with Crippen LogP contribution in [0.4, 0.5) is 0 Å². The van der Waals surface area contributed by atoms with E-state index in [1.807, 2.05) is 41.0 Å². The Bertz CT molecular complexity index is 1650. The van der Waals surface area contributed by atoms with E-state index in [0.717, 1.165) is 79.1 Å². The van der Waals surface area contributed by atoms with E-state index in [-0.39, 0.29) is 0 Å². The third kappa shape index (κ3) is 4.97. The molecule has 9 heteroatoms. The van der Waals surface area contributed by atoms with Crippen LogP contribution in [0.25, 0.3) is 16.7 Å². The Labute approximate surface area is 232 Å². The molecule has 204 valence electrons. The van der Waals surface area contributed by atoms with Crippen LogP contribution in [0.2, 0.25) is 0 Å². The molecule has 0 aromatic carbocycles. The summed E-state index contributed by atoms with van der Waals surface area (Å²) in [6, 6.07) is 15.8. The van der Waals surface area contributed by atoms with Crippen LogP contribution in [0.5, 0.6) is 5.88 Å². The number of rotatable bonds is 9. The molecule has 0 unspecified atom stereocenters. The van der Waals surface area contributed by atoms with Gasteiger partial charge in [-0.15, -0.1) is 0 Å². The van der Waals surface area contributed by atoms with E-state index in [4.69, 9.17) is 14.7 Å². The second-order valence-corrected chi connectivity index (χ2v) is 11.1. The zero-order valence-corrected chi connectivity index (χ0v) is 22.5. The zero-order chi connectivity index (χ0) is 26.9. The number of fused-ring (bicyclic) bond motifs is 2. The molecule has 0 amide bonds. The highest BCUT2D eigenvalue weighted by molar-refractivity contribution is 5.79. The normalized spacial score (nSPS) is 16.9. The van der Waals surface area contributed by atoms with Crippen molar-refractivity contribution in [2.75, 3.05) is 13.1 Å². The van der Waals surface area contributed by atoms with Gasteiger partial charge in [0.15, 0.2) is 11.9 Å². The molecule has 1 saturated heterocycles. The summed E-state index contributed by atoms with van der Waals surface area (Å²) in [5.74, 6) is 2.80. The second-order valence-electron chi connectivity index (χ2n) is 11.1. The number of likely N-dealkylation sites (tertiary alicyclic amines) is 1. The minimum absolute atomic E-state index is 0.406. The summed E-state index contributed by atoms with van der Waals surface area (Å²) in [7, 11) is 0. The molecule has 9 nitrogen and oxygen atoms in total. The van der Waals surface area contributed by atoms with E-state index in [0.29, 0.717) is 30.0 Å². The molecule has 40 heavy (non-hydrogen) atoms. The quantitative estimate of drug-likeness (QED) is 0.244. The number of hydrogen-bond donors (Lipinski definition) is 0. The highest BCUT2D eigenvalue weighted by Crippen LogP contribution is 2.32. The summed E-state index contributed by atoms with van der Waals surface area (Å²) >= 11 is 0. The lowest BCUT2D eigenvalue weighted by Crippen LogP contribution is -2.34.